The largest absolute Gasteiger partial charge is 0.356 e. The van der Waals surface area contributed by atoms with E-state index in [4.69, 9.17) is 11.6 Å². The third-order valence-electron chi connectivity index (χ3n) is 4.58. The first-order chi connectivity index (χ1) is 13.0. The number of hydrogen-bond acceptors (Lipinski definition) is 3. The molecule has 0 aliphatic rings. The third-order valence-corrected chi connectivity index (χ3v) is 4.81. The quantitative estimate of drug-likeness (QED) is 0.413. The molecule has 2 aromatic rings. The van der Waals surface area contributed by atoms with Crippen LogP contribution < -0.4 is 10.6 Å². The number of benzene rings is 1. The lowest BCUT2D eigenvalue weighted by Crippen LogP contribution is -2.38. The van der Waals surface area contributed by atoms with Crippen molar-refractivity contribution in [3.63, 3.8) is 0 Å². The molecule has 0 unspecified atom stereocenters. The van der Waals surface area contributed by atoms with Crippen LogP contribution in [-0.4, -0.2) is 42.5 Å². The minimum atomic E-state index is 0.516. The van der Waals surface area contributed by atoms with E-state index in [-0.39, 0.29) is 0 Å². The molecule has 146 valence electrons. The van der Waals surface area contributed by atoms with Gasteiger partial charge in [0.1, 0.15) is 5.15 Å². The summed E-state index contributed by atoms with van der Waals surface area (Å²) in [6.45, 7) is 6.88. The van der Waals surface area contributed by atoms with Gasteiger partial charge < -0.3 is 10.6 Å². The molecule has 0 saturated heterocycles. The molecule has 0 radical (unpaired) electrons. The summed E-state index contributed by atoms with van der Waals surface area (Å²) in [5.74, 6) is 0.795. The first kappa shape index (κ1) is 21.2. The van der Waals surface area contributed by atoms with Crippen LogP contribution in [0.15, 0.2) is 47.6 Å². The maximum Gasteiger partial charge on any atom is 0.191 e. The Balaban J connectivity index is 1.86. The first-order valence-electron chi connectivity index (χ1n) is 9.31. The third kappa shape index (κ3) is 7.19. The Bertz CT molecular complexity index is 728. The maximum absolute atomic E-state index is 5.82. The van der Waals surface area contributed by atoms with Gasteiger partial charge in [0.25, 0.3) is 0 Å². The Hall–Kier alpha value is -2.11. The van der Waals surface area contributed by atoms with Crippen LogP contribution in [0, 0.1) is 0 Å². The van der Waals surface area contributed by atoms with Gasteiger partial charge in [0, 0.05) is 38.9 Å². The molecule has 1 heterocycles. The zero-order valence-electron chi connectivity index (χ0n) is 16.7. The number of nitrogens with one attached hydrogen (secondary N) is 2. The summed E-state index contributed by atoms with van der Waals surface area (Å²) in [4.78, 5) is 10.8. The molecule has 6 heteroatoms. The van der Waals surface area contributed by atoms with Gasteiger partial charge in [-0.15, -0.1) is 0 Å². The number of aromatic nitrogens is 1. The van der Waals surface area contributed by atoms with Crippen LogP contribution in [0.25, 0.3) is 0 Å². The molecule has 1 aromatic heterocycles. The second-order valence-corrected chi connectivity index (χ2v) is 7.26. The number of rotatable bonds is 8. The molecule has 0 saturated carbocycles. The summed E-state index contributed by atoms with van der Waals surface area (Å²) in [7, 11) is 3.94. The van der Waals surface area contributed by atoms with Crippen molar-refractivity contribution in [2.45, 2.75) is 39.4 Å². The molecule has 0 spiro atoms. The van der Waals surface area contributed by atoms with E-state index in [1.807, 2.05) is 18.3 Å². The van der Waals surface area contributed by atoms with E-state index in [0.717, 1.165) is 37.6 Å². The van der Waals surface area contributed by atoms with E-state index < -0.39 is 0 Å². The molecule has 5 nitrogen and oxygen atoms in total. The summed E-state index contributed by atoms with van der Waals surface area (Å²) < 4.78 is 0. The first-order valence-corrected chi connectivity index (χ1v) is 9.69. The van der Waals surface area contributed by atoms with E-state index in [0.29, 0.717) is 11.2 Å². The normalized spacial score (nSPS) is 11.9. The summed E-state index contributed by atoms with van der Waals surface area (Å²) in [6, 6.07) is 12.9. The number of nitrogens with zero attached hydrogens (tertiary/aromatic N) is 3. The number of guanidine groups is 1. The second-order valence-electron chi connectivity index (χ2n) is 6.87. The fourth-order valence-electron chi connectivity index (χ4n) is 2.61. The van der Waals surface area contributed by atoms with E-state index in [2.05, 4.69) is 70.7 Å². The summed E-state index contributed by atoms with van der Waals surface area (Å²) in [6.07, 6.45) is 2.67. The van der Waals surface area contributed by atoms with E-state index in [9.17, 15) is 0 Å². The van der Waals surface area contributed by atoms with Gasteiger partial charge in [-0.1, -0.05) is 41.9 Å². The zero-order valence-corrected chi connectivity index (χ0v) is 17.4. The molecular formula is C21H30ClN5. The molecule has 0 aliphatic carbocycles. The van der Waals surface area contributed by atoms with Gasteiger partial charge in [-0.25, -0.2) is 4.98 Å². The van der Waals surface area contributed by atoms with Crippen molar-refractivity contribution in [1.82, 2.24) is 20.5 Å². The fourth-order valence-corrected chi connectivity index (χ4v) is 2.73. The highest BCUT2D eigenvalue weighted by molar-refractivity contribution is 6.29. The van der Waals surface area contributed by atoms with Gasteiger partial charge in [-0.2, -0.15) is 0 Å². The highest BCUT2D eigenvalue weighted by Gasteiger charge is 2.08. The minimum Gasteiger partial charge on any atom is -0.356 e. The predicted molar refractivity (Wildman–Crippen MR) is 114 cm³/mol. The van der Waals surface area contributed by atoms with Gasteiger partial charge in [0.2, 0.25) is 0 Å². The van der Waals surface area contributed by atoms with Crippen LogP contribution in [0.5, 0.6) is 0 Å². The molecule has 0 amide bonds. The molecule has 2 N–H and O–H groups in total. The lowest BCUT2D eigenvalue weighted by Gasteiger charge is -2.23. The number of hydrogen-bond donors (Lipinski definition) is 2. The molecule has 1 aromatic carbocycles. The van der Waals surface area contributed by atoms with Crippen LogP contribution in [0.1, 0.15) is 30.5 Å². The van der Waals surface area contributed by atoms with Crippen molar-refractivity contribution in [3.05, 3.63) is 64.4 Å². The van der Waals surface area contributed by atoms with Crippen LogP contribution in [-0.2, 0) is 19.5 Å². The number of halogens is 1. The summed E-state index contributed by atoms with van der Waals surface area (Å²) in [5.41, 5.74) is 3.77. The Morgan fingerprint density at radius 3 is 2.52 bits per heavy atom. The van der Waals surface area contributed by atoms with Crippen molar-refractivity contribution in [2.75, 3.05) is 20.6 Å². The van der Waals surface area contributed by atoms with E-state index >= 15 is 0 Å². The Labute approximate surface area is 167 Å². The smallest absolute Gasteiger partial charge is 0.191 e. The van der Waals surface area contributed by atoms with Crippen LogP contribution >= 0.6 is 11.6 Å². The maximum atomic E-state index is 5.82. The topological polar surface area (TPSA) is 52.6 Å². The lowest BCUT2D eigenvalue weighted by atomic mass is 10.1. The highest BCUT2D eigenvalue weighted by atomic mass is 35.5. The molecular weight excluding hydrogens is 358 g/mol. The Kier molecular flexibility index (Phi) is 8.55. The highest BCUT2D eigenvalue weighted by Crippen LogP contribution is 2.12. The van der Waals surface area contributed by atoms with Crippen molar-refractivity contribution in [3.8, 4) is 0 Å². The Morgan fingerprint density at radius 1 is 1.15 bits per heavy atom. The van der Waals surface area contributed by atoms with Crippen LogP contribution in [0.2, 0.25) is 5.15 Å². The van der Waals surface area contributed by atoms with Crippen molar-refractivity contribution >= 4 is 17.6 Å². The van der Waals surface area contributed by atoms with Crippen molar-refractivity contribution < 1.29 is 0 Å². The summed E-state index contributed by atoms with van der Waals surface area (Å²) >= 11 is 5.82. The molecule has 0 aliphatic heterocycles. The zero-order chi connectivity index (χ0) is 19.6. The van der Waals surface area contributed by atoms with E-state index in [1.54, 1.807) is 7.05 Å². The monoisotopic (exact) mass is 387 g/mol. The lowest BCUT2D eigenvalue weighted by molar-refractivity contribution is 0.265. The van der Waals surface area contributed by atoms with Crippen molar-refractivity contribution in [2.24, 2.45) is 4.99 Å². The van der Waals surface area contributed by atoms with Crippen LogP contribution in [0.4, 0.5) is 0 Å². The molecule has 0 bridgehead atoms. The SMILES string of the molecule is CN=C(NCCc1ccc(Cl)nc1)NCc1ccccc1CN(C)C(C)C. The Morgan fingerprint density at radius 2 is 1.89 bits per heavy atom. The van der Waals surface area contributed by atoms with Crippen molar-refractivity contribution in [1.29, 1.82) is 0 Å². The fraction of sp³-hybridized carbons (Fsp3) is 0.429. The molecule has 27 heavy (non-hydrogen) atoms. The van der Waals surface area contributed by atoms with E-state index in [1.165, 1.54) is 11.1 Å². The molecule has 0 fully saturated rings. The molecule has 2 rings (SSSR count). The van der Waals surface area contributed by atoms with Gasteiger partial charge in [0.15, 0.2) is 5.96 Å². The number of aliphatic imine (C=N–C) groups is 1. The second kappa shape index (κ2) is 10.9. The average Bonchev–Trinajstić information content (AvgIpc) is 2.67. The average molecular weight is 388 g/mol. The van der Waals surface area contributed by atoms with Gasteiger partial charge in [-0.3, -0.25) is 9.89 Å². The van der Waals surface area contributed by atoms with Gasteiger partial charge in [0.05, 0.1) is 0 Å². The minimum absolute atomic E-state index is 0.516. The van der Waals surface area contributed by atoms with Crippen LogP contribution in [0.3, 0.4) is 0 Å². The van der Waals surface area contributed by atoms with Gasteiger partial charge >= 0.3 is 0 Å². The van der Waals surface area contributed by atoms with Gasteiger partial charge in [-0.05, 0) is 50.1 Å². The number of pyridine rings is 1. The molecule has 0 atom stereocenters. The standard InChI is InChI=1S/C21H30ClN5/c1-16(2)27(4)15-19-8-6-5-7-18(19)14-26-21(23-3)24-12-11-17-9-10-20(22)25-13-17/h5-10,13,16H,11-12,14-15H2,1-4H3,(H2,23,24,26). The predicted octanol–water partition coefficient (Wildman–Crippen LogP) is 3.48. The summed E-state index contributed by atoms with van der Waals surface area (Å²) in [5, 5.41) is 7.28.